The Kier molecular flexibility index (Phi) is 12.5. The summed E-state index contributed by atoms with van der Waals surface area (Å²) in [6.45, 7) is 8.20. The Bertz CT molecular complexity index is 2260. The standard InChI is InChI=1S/C20H21ClN2O4S2.C14H18N2O4S/c1-4-27-19(24)12-23-13(2)20(28-18-8-6-5-7-16(18)21)15-11-14(9-10-17(15)23)22-29(3,25)26;1-4-20-14(17)9-16-10(2)7-11-8-12(5-6-13(11)16)15-21(3,18)19/h5-11,22H,4,12H2,1-3H3;5-8,15H,4,9H2,1-3H3. The van der Waals surface area contributed by atoms with Gasteiger partial charge in [0, 0.05) is 48.8 Å². The largest absolute Gasteiger partial charge is 0.465 e. The van der Waals surface area contributed by atoms with Crippen molar-refractivity contribution in [2.45, 2.75) is 50.6 Å². The van der Waals surface area contributed by atoms with Gasteiger partial charge in [0.15, 0.2) is 0 Å². The van der Waals surface area contributed by atoms with Gasteiger partial charge in [-0.3, -0.25) is 19.0 Å². The molecule has 0 saturated carbocycles. The number of sulfonamides is 2. The third-order valence-corrected chi connectivity index (χ3v) is 10.2. The number of nitrogens with one attached hydrogen (secondary N) is 2. The highest BCUT2D eigenvalue weighted by Crippen LogP contribution is 2.41. The van der Waals surface area contributed by atoms with E-state index in [-0.39, 0.29) is 25.0 Å². The second-order valence-corrected chi connectivity index (χ2v) is 16.2. The van der Waals surface area contributed by atoms with Crippen molar-refractivity contribution in [3.05, 3.63) is 83.1 Å². The maximum absolute atomic E-state index is 12.1. The zero-order valence-corrected chi connectivity index (χ0v) is 31.6. The van der Waals surface area contributed by atoms with Gasteiger partial charge in [0.1, 0.15) is 13.1 Å². The molecule has 12 nitrogen and oxygen atoms in total. The van der Waals surface area contributed by atoms with E-state index in [2.05, 4.69) is 9.44 Å². The molecule has 0 saturated heterocycles. The molecule has 0 spiro atoms. The van der Waals surface area contributed by atoms with Crippen LogP contribution in [0.3, 0.4) is 0 Å². The van der Waals surface area contributed by atoms with E-state index < -0.39 is 20.0 Å². The molecule has 268 valence electrons. The first kappa shape index (κ1) is 38.6. The fourth-order valence-corrected chi connectivity index (χ4v) is 7.69. The molecule has 50 heavy (non-hydrogen) atoms. The van der Waals surface area contributed by atoms with Crippen molar-refractivity contribution in [1.29, 1.82) is 0 Å². The van der Waals surface area contributed by atoms with E-state index in [9.17, 15) is 26.4 Å². The molecule has 0 aliphatic heterocycles. The molecule has 5 aromatic rings. The van der Waals surface area contributed by atoms with Crippen molar-refractivity contribution >= 4 is 88.5 Å². The zero-order valence-electron chi connectivity index (χ0n) is 28.4. The first-order valence-electron chi connectivity index (χ1n) is 15.4. The molecule has 2 heterocycles. The lowest BCUT2D eigenvalue weighted by molar-refractivity contribution is -0.144. The molecule has 0 amide bonds. The summed E-state index contributed by atoms with van der Waals surface area (Å²) in [6.07, 6.45) is 2.21. The Morgan fingerprint density at radius 1 is 0.760 bits per heavy atom. The minimum absolute atomic E-state index is 0.0676. The van der Waals surface area contributed by atoms with Gasteiger partial charge < -0.3 is 18.6 Å². The lowest BCUT2D eigenvalue weighted by Crippen LogP contribution is -2.14. The van der Waals surface area contributed by atoms with Gasteiger partial charge in [-0.1, -0.05) is 35.5 Å². The Morgan fingerprint density at radius 2 is 1.30 bits per heavy atom. The molecule has 0 fully saturated rings. The molecule has 2 aromatic heterocycles. The van der Waals surface area contributed by atoms with Gasteiger partial charge in [0.2, 0.25) is 20.0 Å². The highest BCUT2D eigenvalue weighted by Gasteiger charge is 2.19. The van der Waals surface area contributed by atoms with Gasteiger partial charge >= 0.3 is 11.9 Å². The molecular formula is C34H39ClN4O8S3. The van der Waals surface area contributed by atoms with Gasteiger partial charge in [-0.15, -0.1) is 0 Å². The molecule has 0 unspecified atom stereocenters. The van der Waals surface area contributed by atoms with E-state index in [1.807, 2.05) is 53.3 Å². The molecule has 3 aromatic carbocycles. The summed E-state index contributed by atoms with van der Waals surface area (Å²) < 4.78 is 64.5. The highest BCUT2D eigenvalue weighted by molar-refractivity contribution is 7.99. The van der Waals surface area contributed by atoms with Crippen LogP contribution in [0, 0.1) is 13.8 Å². The van der Waals surface area contributed by atoms with Crippen LogP contribution in [0.2, 0.25) is 5.02 Å². The summed E-state index contributed by atoms with van der Waals surface area (Å²) in [7, 11) is -6.72. The number of esters is 2. The van der Waals surface area contributed by atoms with E-state index >= 15 is 0 Å². The van der Waals surface area contributed by atoms with Crippen LogP contribution in [0.5, 0.6) is 0 Å². The van der Waals surface area contributed by atoms with E-state index in [0.29, 0.717) is 29.6 Å². The lowest BCUT2D eigenvalue weighted by Gasteiger charge is -2.08. The number of hydrogen-bond acceptors (Lipinski definition) is 9. The monoisotopic (exact) mass is 762 g/mol. The number of nitrogens with zero attached hydrogens (tertiary/aromatic N) is 2. The number of fused-ring (bicyclic) bond motifs is 2. The number of anilines is 2. The summed E-state index contributed by atoms with van der Waals surface area (Å²) in [4.78, 5) is 25.5. The fourth-order valence-electron chi connectivity index (χ4n) is 5.27. The zero-order chi connectivity index (χ0) is 36.8. The summed E-state index contributed by atoms with van der Waals surface area (Å²) in [5.41, 5.74) is 4.40. The highest BCUT2D eigenvalue weighted by atomic mass is 35.5. The molecule has 0 atom stereocenters. The van der Waals surface area contributed by atoms with Gasteiger partial charge in [0.25, 0.3) is 0 Å². The summed E-state index contributed by atoms with van der Waals surface area (Å²) in [5.74, 6) is -0.628. The first-order chi connectivity index (χ1) is 23.5. The maximum Gasteiger partial charge on any atom is 0.325 e. The predicted octanol–water partition coefficient (Wildman–Crippen LogP) is 6.57. The number of hydrogen-bond donors (Lipinski definition) is 2. The van der Waals surface area contributed by atoms with Crippen LogP contribution in [0.4, 0.5) is 11.4 Å². The average Bonchev–Trinajstić information content (AvgIpc) is 3.44. The van der Waals surface area contributed by atoms with Crippen LogP contribution in [-0.2, 0) is 52.2 Å². The van der Waals surface area contributed by atoms with E-state index in [4.69, 9.17) is 21.1 Å². The van der Waals surface area contributed by atoms with Crippen LogP contribution in [-0.4, -0.2) is 63.6 Å². The number of aromatic nitrogens is 2. The van der Waals surface area contributed by atoms with Crippen LogP contribution >= 0.6 is 23.4 Å². The fraction of sp³-hybridized carbons (Fsp3) is 0.294. The SMILES string of the molecule is CCOC(=O)Cn1c(C)c(Sc2ccccc2Cl)c2cc(NS(C)(=O)=O)ccc21.CCOC(=O)Cn1c(C)cc2cc(NS(C)(=O)=O)ccc21. The normalized spacial score (nSPS) is 11.6. The smallest absolute Gasteiger partial charge is 0.325 e. The lowest BCUT2D eigenvalue weighted by atomic mass is 10.2. The summed E-state index contributed by atoms with van der Waals surface area (Å²) in [6, 6.07) is 19.8. The Hall–Kier alpha value is -4.18. The van der Waals surface area contributed by atoms with Crippen molar-refractivity contribution in [2.75, 3.05) is 35.2 Å². The van der Waals surface area contributed by atoms with Crippen molar-refractivity contribution in [3.63, 3.8) is 0 Å². The predicted molar refractivity (Wildman–Crippen MR) is 199 cm³/mol. The number of ether oxygens (including phenoxy) is 2. The quantitative estimate of drug-likeness (QED) is 0.134. The molecule has 0 radical (unpaired) electrons. The molecule has 0 aliphatic carbocycles. The second kappa shape index (κ2) is 16.2. The van der Waals surface area contributed by atoms with E-state index in [1.54, 1.807) is 50.2 Å². The molecule has 2 N–H and O–H groups in total. The van der Waals surface area contributed by atoms with Crippen LogP contribution in [0.1, 0.15) is 25.2 Å². The Morgan fingerprint density at radius 3 is 1.86 bits per heavy atom. The number of carbonyl (C=O) groups excluding carboxylic acids is 2. The second-order valence-electron chi connectivity index (χ2n) is 11.3. The number of halogens is 1. The number of rotatable bonds is 12. The molecule has 5 rings (SSSR count). The number of carbonyl (C=O) groups is 2. The van der Waals surface area contributed by atoms with E-state index in [0.717, 1.165) is 55.5 Å². The minimum Gasteiger partial charge on any atom is -0.465 e. The third-order valence-electron chi connectivity index (χ3n) is 7.21. The van der Waals surface area contributed by atoms with Gasteiger partial charge in [-0.25, -0.2) is 16.8 Å². The van der Waals surface area contributed by atoms with Crippen molar-refractivity contribution in [1.82, 2.24) is 9.13 Å². The summed E-state index contributed by atoms with van der Waals surface area (Å²) >= 11 is 7.81. The first-order valence-corrected chi connectivity index (χ1v) is 20.4. The molecular weight excluding hydrogens is 724 g/mol. The third kappa shape index (κ3) is 10.2. The molecule has 16 heteroatoms. The number of aryl methyl sites for hydroxylation is 1. The van der Waals surface area contributed by atoms with Gasteiger partial charge in [-0.05, 0) is 82.3 Å². The molecule has 0 aliphatic rings. The van der Waals surface area contributed by atoms with Crippen LogP contribution in [0.15, 0.2) is 76.5 Å². The van der Waals surface area contributed by atoms with E-state index in [1.165, 1.54) is 11.8 Å². The van der Waals surface area contributed by atoms with Gasteiger partial charge in [0.05, 0.1) is 36.3 Å². The van der Waals surface area contributed by atoms with Crippen molar-refractivity contribution < 1.29 is 35.9 Å². The average molecular weight is 763 g/mol. The Labute approximate surface area is 301 Å². The maximum atomic E-state index is 12.1. The Balaban J connectivity index is 0.000000237. The van der Waals surface area contributed by atoms with Gasteiger partial charge in [-0.2, -0.15) is 0 Å². The van der Waals surface area contributed by atoms with Crippen LogP contribution in [0.25, 0.3) is 21.8 Å². The minimum atomic E-state index is -3.41. The topological polar surface area (TPSA) is 155 Å². The molecule has 0 bridgehead atoms. The van der Waals surface area contributed by atoms with Crippen molar-refractivity contribution in [2.24, 2.45) is 0 Å². The van der Waals surface area contributed by atoms with Crippen LogP contribution < -0.4 is 9.44 Å². The summed E-state index contributed by atoms with van der Waals surface area (Å²) in [5, 5.41) is 2.31. The number of benzene rings is 3. The van der Waals surface area contributed by atoms with Crippen molar-refractivity contribution in [3.8, 4) is 0 Å².